The lowest BCUT2D eigenvalue weighted by Crippen LogP contribution is -2.56. The summed E-state index contributed by atoms with van der Waals surface area (Å²) in [5, 5.41) is 20.4. The van der Waals surface area contributed by atoms with E-state index in [0.717, 1.165) is 18.4 Å². The molecule has 0 aromatic heterocycles. The van der Waals surface area contributed by atoms with Gasteiger partial charge in [0, 0.05) is 30.8 Å². The van der Waals surface area contributed by atoms with Crippen LogP contribution >= 0.6 is 0 Å². The molecule has 2 heterocycles. The predicted octanol–water partition coefficient (Wildman–Crippen LogP) is 3.21. The van der Waals surface area contributed by atoms with Crippen LogP contribution in [0.25, 0.3) is 11.1 Å². The molecular formula is C22H25NO4. The average Bonchev–Trinajstić information content (AvgIpc) is 2.71. The van der Waals surface area contributed by atoms with Crippen molar-refractivity contribution >= 4 is 5.91 Å². The Morgan fingerprint density at radius 2 is 1.89 bits per heavy atom. The van der Waals surface area contributed by atoms with Crippen LogP contribution in [0.2, 0.25) is 0 Å². The quantitative estimate of drug-likeness (QED) is 0.855. The summed E-state index contributed by atoms with van der Waals surface area (Å²) in [5.41, 5.74) is 1.66. The molecule has 0 radical (unpaired) electrons. The molecule has 2 aliphatic rings. The van der Waals surface area contributed by atoms with Gasteiger partial charge in [-0.15, -0.1) is 0 Å². The van der Waals surface area contributed by atoms with Gasteiger partial charge in [-0.2, -0.15) is 0 Å². The molecule has 2 fully saturated rings. The van der Waals surface area contributed by atoms with Gasteiger partial charge in [0.05, 0.1) is 11.7 Å². The van der Waals surface area contributed by atoms with Crippen LogP contribution in [0.15, 0.2) is 48.5 Å². The lowest BCUT2D eigenvalue weighted by atomic mass is 9.82. The Morgan fingerprint density at radius 1 is 1.11 bits per heavy atom. The third-order valence-electron chi connectivity index (χ3n) is 5.84. The number of nitrogens with zero attached hydrogens (tertiary/aromatic N) is 1. The van der Waals surface area contributed by atoms with E-state index in [2.05, 4.69) is 0 Å². The van der Waals surface area contributed by atoms with E-state index in [4.69, 9.17) is 4.74 Å². The van der Waals surface area contributed by atoms with Crippen LogP contribution in [0.5, 0.6) is 5.75 Å². The number of benzene rings is 2. The summed E-state index contributed by atoms with van der Waals surface area (Å²) >= 11 is 0. The van der Waals surface area contributed by atoms with E-state index < -0.39 is 11.7 Å². The molecule has 27 heavy (non-hydrogen) atoms. The second kappa shape index (κ2) is 7.33. The monoisotopic (exact) mass is 367 g/mol. The van der Waals surface area contributed by atoms with Gasteiger partial charge >= 0.3 is 0 Å². The standard InChI is InChI=1S/C22H25NO4/c24-19-8-2-1-7-18(19)16-5-3-6-17(15-16)21(26)23-12-10-22(11-13-23)20(25)9-4-14-27-22/h1-3,5-8,15,20,24-25H,4,9-14H2. The first-order chi connectivity index (χ1) is 13.1. The molecule has 2 saturated heterocycles. The summed E-state index contributed by atoms with van der Waals surface area (Å²) < 4.78 is 5.93. The molecule has 142 valence electrons. The molecule has 0 aliphatic carbocycles. The Bertz CT molecular complexity index is 827. The van der Waals surface area contributed by atoms with Crippen molar-refractivity contribution in [3.8, 4) is 16.9 Å². The number of aromatic hydroxyl groups is 1. The van der Waals surface area contributed by atoms with Crippen LogP contribution in [0, 0.1) is 0 Å². The van der Waals surface area contributed by atoms with Crippen molar-refractivity contribution in [3.05, 3.63) is 54.1 Å². The van der Waals surface area contributed by atoms with Crippen LogP contribution in [-0.4, -0.2) is 52.4 Å². The van der Waals surface area contributed by atoms with Gasteiger partial charge in [0.25, 0.3) is 5.91 Å². The van der Waals surface area contributed by atoms with Crippen LogP contribution in [0.4, 0.5) is 0 Å². The largest absolute Gasteiger partial charge is 0.507 e. The maximum atomic E-state index is 13.0. The molecule has 2 aliphatic heterocycles. The van der Waals surface area contributed by atoms with Crippen LogP contribution in [0.3, 0.4) is 0 Å². The number of carbonyl (C=O) groups excluding carboxylic acids is 1. The Labute approximate surface area is 159 Å². The van der Waals surface area contributed by atoms with Gasteiger partial charge in [-0.05, 0) is 49.4 Å². The average molecular weight is 367 g/mol. The third-order valence-corrected chi connectivity index (χ3v) is 5.84. The normalized spacial score (nSPS) is 22.0. The van der Waals surface area contributed by atoms with Gasteiger partial charge in [-0.25, -0.2) is 0 Å². The number of phenolic OH excluding ortho intramolecular Hbond substituents is 1. The number of rotatable bonds is 2. The summed E-state index contributed by atoms with van der Waals surface area (Å²) in [6.07, 6.45) is 2.56. The minimum atomic E-state index is -0.479. The smallest absolute Gasteiger partial charge is 0.253 e. The number of para-hydroxylation sites is 1. The Morgan fingerprint density at radius 3 is 2.63 bits per heavy atom. The number of hydrogen-bond acceptors (Lipinski definition) is 4. The minimum Gasteiger partial charge on any atom is -0.507 e. The first-order valence-corrected chi connectivity index (χ1v) is 9.59. The maximum absolute atomic E-state index is 13.0. The number of likely N-dealkylation sites (tertiary alicyclic amines) is 1. The van der Waals surface area contributed by atoms with Gasteiger partial charge in [-0.1, -0.05) is 30.3 Å². The first-order valence-electron chi connectivity index (χ1n) is 9.59. The van der Waals surface area contributed by atoms with Crippen LogP contribution in [0.1, 0.15) is 36.0 Å². The number of aliphatic hydroxyl groups is 1. The zero-order chi connectivity index (χ0) is 18.9. The van der Waals surface area contributed by atoms with Crippen molar-refractivity contribution in [2.45, 2.75) is 37.4 Å². The highest BCUT2D eigenvalue weighted by Gasteiger charge is 2.44. The number of phenols is 1. The van der Waals surface area contributed by atoms with Gasteiger partial charge < -0.3 is 19.8 Å². The highest BCUT2D eigenvalue weighted by molar-refractivity contribution is 5.95. The molecule has 2 aromatic carbocycles. The molecule has 1 spiro atoms. The number of ether oxygens (including phenoxy) is 1. The summed E-state index contributed by atoms with van der Waals surface area (Å²) in [6, 6.07) is 14.5. The fraction of sp³-hybridized carbons (Fsp3) is 0.409. The van der Waals surface area contributed by atoms with Crippen molar-refractivity contribution < 1.29 is 19.7 Å². The van der Waals surface area contributed by atoms with Crippen molar-refractivity contribution in [2.24, 2.45) is 0 Å². The Kier molecular flexibility index (Phi) is 4.89. The predicted molar refractivity (Wildman–Crippen MR) is 103 cm³/mol. The number of piperidine rings is 1. The Balaban J connectivity index is 1.49. The van der Waals surface area contributed by atoms with Gasteiger partial charge in [0.1, 0.15) is 5.75 Å². The lowest BCUT2D eigenvalue weighted by Gasteiger charge is -2.46. The fourth-order valence-electron chi connectivity index (χ4n) is 4.20. The Hall–Kier alpha value is -2.37. The topological polar surface area (TPSA) is 70.0 Å². The van der Waals surface area contributed by atoms with Crippen molar-refractivity contribution in [3.63, 3.8) is 0 Å². The maximum Gasteiger partial charge on any atom is 0.253 e. The zero-order valence-corrected chi connectivity index (χ0v) is 15.3. The number of aliphatic hydroxyl groups excluding tert-OH is 1. The highest BCUT2D eigenvalue weighted by Crippen LogP contribution is 2.36. The molecule has 2 N–H and O–H groups in total. The van der Waals surface area contributed by atoms with Crippen molar-refractivity contribution in [2.75, 3.05) is 19.7 Å². The van der Waals surface area contributed by atoms with E-state index in [-0.39, 0.29) is 11.7 Å². The van der Waals surface area contributed by atoms with E-state index in [1.165, 1.54) is 0 Å². The zero-order valence-electron chi connectivity index (χ0n) is 15.3. The summed E-state index contributed by atoms with van der Waals surface area (Å²) in [7, 11) is 0. The summed E-state index contributed by atoms with van der Waals surface area (Å²) in [6.45, 7) is 1.85. The third kappa shape index (κ3) is 3.45. The van der Waals surface area contributed by atoms with E-state index in [1.54, 1.807) is 12.1 Å². The molecule has 2 aromatic rings. The number of hydrogen-bond donors (Lipinski definition) is 2. The summed E-state index contributed by atoms with van der Waals surface area (Å²) in [4.78, 5) is 14.8. The van der Waals surface area contributed by atoms with E-state index in [0.29, 0.717) is 43.7 Å². The second-order valence-corrected chi connectivity index (χ2v) is 7.46. The lowest BCUT2D eigenvalue weighted by molar-refractivity contribution is -0.174. The molecule has 5 nitrogen and oxygen atoms in total. The van der Waals surface area contributed by atoms with Gasteiger partial charge in [0.2, 0.25) is 0 Å². The van der Waals surface area contributed by atoms with Crippen LogP contribution in [-0.2, 0) is 4.74 Å². The highest BCUT2D eigenvalue weighted by atomic mass is 16.5. The second-order valence-electron chi connectivity index (χ2n) is 7.46. The van der Waals surface area contributed by atoms with E-state index in [1.807, 2.05) is 41.3 Å². The summed E-state index contributed by atoms with van der Waals surface area (Å²) in [5.74, 6) is 0.179. The molecule has 1 atom stereocenters. The van der Waals surface area contributed by atoms with Gasteiger partial charge in [0.15, 0.2) is 0 Å². The van der Waals surface area contributed by atoms with Crippen molar-refractivity contribution in [1.29, 1.82) is 0 Å². The SMILES string of the molecule is O=C(c1cccc(-c2ccccc2O)c1)N1CCC2(CC1)OCCCC2O. The number of carbonyl (C=O) groups is 1. The minimum absolute atomic E-state index is 0.0209. The number of amides is 1. The van der Waals surface area contributed by atoms with Crippen molar-refractivity contribution in [1.82, 2.24) is 4.90 Å². The van der Waals surface area contributed by atoms with E-state index in [9.17, 15) is 15.0 Å². The molecule has 0 saturated carbocycles. The van der Waals surface area contributed by atoms with Crippen LogP contribution < -0.4 is 0 Å². The molecular weight excluding hydrogens is 342 g/mol. The molecule has 5 heteroatoms. The van der Waals surface area contributed by atoms with E-state index >= 15 is 0 Å². The first kappa shape index (κ1) is 18.0. The molecule has 1 amide bonds. The fourth-order valence-corrected chi connectivity index (χ4v) is 4.20. The molecule has 1 unspecified atom stereocenters. The van der Waals surface area contributed by atoms with Gasteiger partial charge in [-0.3, -0.25) is 4.79 Å². The molecule has 0 bridgehead atoms. The molecule has 4 rings (SSSR count).